The number of aryl methyl sites for hydroxylation is 2. The van der Waals surface area contributed by atoms with Gasteiger partial charge in [-0.15, -0.1) is 5.10 Å². The first-order valence-corrected chi connectivity index (χ1v) is 13.2. The number of hydrogen-bond acceptors (Lipinski definition) is 7. The number of phenolic OH excluding ortho intramolecular Hbond substituents is 1. The van der Waals surface area contributed by atoms with Crippen molar-refractivity contribution in [2.45, 2.75) is 51.6 Å². The van der Waals surface area contributed by atoms with Crippen LogP contribution in [0.25, 0.3) is 10.9 Å². The number of rotatable bonds is 5. The lowest BCUT2D eigenvalue weighted by Gasteiger charge is -2.39. The monoisotopic (exact) mass is 499 g/mol. The number of aromatic amines is 1. The number of tetrazole rings is 1. The van der Waals surface area contributed by atoms with Gasteiger partial charge in [-0.1, -0.05) is 18.9 Å². The zero-order chi connectivity index (χ0) is 25.5. The highest BCUT2D eigenvalue weighted by Crippen LogP contribution is 2.35. The number of pyridine rings is 1. The summed E-state index contributed by atoms with van der Waals surface area (Å²) in [5, 5.41) is 23.7. The molecule has 1 saturated carbocycles. The van der Waals surface area contributed by atoms with E-state index in [-0.39, 0.29) is 23.4 Å². The Bertz CT molecular complexity index is 1460. The van der Waals surface area contributed by atoms with Crippen molar-refractivity contribution in [2.24, 2.45) is 0 Å². The Hall–Kier alpha value is -3.72. The number of nitrogens with one attached hydrogen (secondary N) is 1. The number of nitrogens with zero attached hydrogens (tertiary/aromatic N) is 6. The van der Waals surface area contributed by atoms with Crippen LogP contribution < -0.4 is 10.5 Å². The molecule has 0 amide bonds. The SMILES string of the molecule is Cc1cc(C)c2cc(C(c3nnnn3C3CCCC3)N3CCN(c4ccc(O)cc4)CC3)c(=O)[nH]c2c1. The van der Waals surface area contributed by atoms with E-state index in [4.69, 9.17) is 0 Å². The van der Waals surface area contributed by atoms with E-state index in [1.165, 1.54) is 12.8 Å². The lowest BCUT2D eigenvalue weighted by Crippen LogP contribution is -2.49. The number of anilines is 1. The summed E-state index contributed by atoms with van der Waals surface area (Å²) in [5.41, 5.74) is 4.80. The second-order valence-electron chi connectivity index (χ2n) is 10.5. The molecule has 4 aromatic rings. The van der Waals surface area contributed by atoms with Gasteiger partial charge in [0.05, 0.1) is 6.04 Å². The van der Waals surface area contributed by atoms with Crippen molar-refractivity contribution in [3.05, 3.63) is 75.3 Å². The predicted octanol–water partition coefficient (Wildman–Crippen LogP) is 3.86. The van der Waals surface area contributed by atoms with Crippen molar-refractivity contribution in [3.63, 3.8) is 0 Å². The molecule has 1 aliphatic carbocycles. The number of piperazine rings is 1. The average Bonchev–Trinajstić information content (AvgIpc) is 3.58. The minimum atomic E-state index is -0.341. The first-order chi connectivity index (χ1) is 18.0. The quantitative estimate of drug-likeness (QED) is 0.430. The number of phenols is 1. The Labute approximate surface area is 215 Å². The molecule has 9 nitrogen and oxygen atoms in total. The number of hydrogen-bond donors (Lipinski definition) is 2. The Balaban J connectivity index is 1.40. The van der Waals surface area contributed by atoms with Crippen LogP contribution >= 0.6 is 0 Å². The van der Waals surface area contributed by atoms with Crippen LogP contribution in [-0.4, -0.2) is 61.4 Å². The highest BCUT2D eigenvalue weighted by molar-refractivity contribution is 5.83. The van der Waals surface area contributed by atoms with Gasteiger partial charge in [0.25, 0.3) is 5.56 Å². The summed E-state index contributed by atoms with van der Waals surface area (Å²) in [6.07, 6.45) is 4.47. The van der Waals surface area contributed by atoms with Crippen LogP contribution in [0.5, 0.6) is 5.75 Å². The molecule has 192 valence electrons. The first kappa shape index (κ1) is 23.7. The molecule has 2 aromatic carbocycles. The maximum absolute atomic E-state index is 13.6. The Morgan fingerprint density at radius 1 is 1.00 bits per heavy atom. The molecule has 37 heavy (non-hydrogen) atoms. The van der Waals surface area contributed by atoms with Crippen molar-refractivity contribution in [2.75, 3.05) is 31.1 Å². The maximum Gasteiger partial charge on any atom is 0.253 e. The van der Waals surface area contributed by atoms with E-state index in [2.05, 4.69) is 43.3 Å². The molecule has 9 heteroatoms. The van der Waals surface area contributed by atoms with E-state index in [1.807, 2.05) is 35.9 Å². The summed E-state index contributed by atoms with van der Waals surface area (Å²) < 4.78 is 1.98. The molecular weight excluding hydrogens is 466 g/mol. The normalized spacial score (nSPS) is 18.1. The van der Waals surface area contributed by atoms with E-state index >= 15 is 0 Å². The van der Waals surface area contributed by atoms with Gasteiger partial charge >= 0.3 is 0 Å². The summed E-state index contributed by atoms with van der Waals surface area (Å²) in [5.74, 6) is 1.02. The third-order valence-corrected chi connectivity index (χ3v) is 7.96. The molecule has 3 heterocycles. The van der Waals surface area contributed by atoms with Gasteiger partial charge in [0.15, 0.2) is 5.82 Å². The lowest BCUT2D eigenvalue weighted by molar-refractivity contribution is 0.197. The van der Waals surface area contributed by atoms with Crippen LogP contribution in [0.3, 0.4) is 0 Å². The average molecular weight is 500 g/mol. The molecule has 0 bridgehead atoms. The molecule has 2 aliphatic rings. The number of H-pyrrole nitrogens is 1. The minimum absolute atomic E-state index is 0.0931. The van der Waals surface area contributed by atoms with Gasteiger partial charge < -0.3 is 15.0 Å². The zero-order valence-corrected chi connectivity index (χ0v) is 21.4. The standard InChI is InChI=1S/C28H33N7O2/c1-18-15-19(2)23-17-24(28(37)29-25(23)16-18)26(27-30-31-32-35(27)21-5-3-4-6-21)34-13-11-33(12-14-34)20-7-9-22(36)10-8-20/h7-10,15-17,21,26,36H,3-6,11-14H2,1-2H3,(H,29,37). The fraction of sp³-hybridized carbons (Fsp3) is 0.429. The summed E-state index contributed by atoms with van der Waals surface area (Å²) in [4.78, 5) is 21.4. The molecule has 6 rings (SSSR count). The largest absolute Gasteiger partial charge is 0.508 e. The second-order valence-corrected chi connectivity index (χ2v) is 10.5. The number of aromatic nitrogens is 5. The second kappa shape index (κ2) is 9.63. The third kappa shape index (κ3) is 4.48. The molecule has 0 spiro atoms. The summed E-state index contributed by atoms with van der Waals surface area (Å²) >= 11 is 0. The predicted molar refractivity (Wildman–Crippen MR) is 143 cm³/mol. The van der Waals surface area contributed by atoms with Crippen LogP contribution in [0.15, 0.2) is 47.3 Å². The van der Waals surface area contributed by atoms with Crippen LogP contribution in [-0.2, 0) is 0 Å². The molecule has 2 N–H and O–H groups in total. The van der Waals surface area contributed by atoms with E-state index in [0.29, 0.717) is 5.56 Å². The molecule has 2 aromatic heterocycles. The highest BCUT2D eigenvalue weighted by atomic mass is 16.3. The lowest BCUT2D eigenvalue weighted by atomic mass is 9.99. The maximum atomic E-state index is 13.6. The Kier molecular flexibility index (Phi) is 6.16. The van der Waals surface area contributed by atoms with Crippen LogP contribution in [0, 0.1) is 13.8 Å². The van der Waals surface area contributed by atoms with Gasteiger partial charge in [-0.3, -0.25) is 9.69 Å². The van der Waals surface area contributed by atoms with Crippen molar-refractivity contribution in [1.82, 2.24) is 30.1 Å². The fourth-order valence-electron chi connectivity index (χ4n) is 6.08. The first-order valence-electron chi connectivity index (χ1n) is 13.2. The van der Waals surface area contributed by atoms with Gasteiger partial charge in [-0.05, 0) is 84.6 Å². The van der Waals surface area contributed by atoms with Gasteiger partial charge in [-0.25, -0.2) is 4.68 Å². The fourth-order valence-corrected chi connectivity index (χ4v) is 6.08. The van der Waals surface area contributed by atoms with Crippen molar-refractivity contribution in [1.29, 1.82) is 0 Å². The van der Waals surface area contributed by atoms with Crippen molar-refractivity contribution < 1.29 is 5.11 Å². The molecule has 1 unspecified atom stereocenters. The summed E-state index contributed by atoms with van der Waals surface area (Å²) in [6.45, 7) is 7.25. The van der Waals surface area contributed by atoms with Crippen LogP contribution in [0.2, 0.25) is 0 Å². The van der Waals surface area contributed by atoms with Crippen molar-refractivity contribution in [3.8, 4) is 5.75 Å². The minimum Gasteiger partial charge on any atom is -0.508 e. The molecule has 1 saturated heterocycles. The van der Waals surface area contributed by atoms with Crippen molar-refractivity contribution >= 4 is 16.6 Å². The number of fused-ring (bicyclic) bond motifs is 1. The van der Waals surface area contributed by atoms with Gasteiger partial charge in [0.1, 0.15) is 11.8 Å². The summed E-state index contributed by atoms with van der Waals surface area (Å²) in [7, 11) is 0. The van der Waals surface area contributed by atoms with Crippen LogP contribution in [0.1, 0.15) is 60.3 Å². The smallest absolute Gasteiger partial charge is 0.253 e. The Morgan fingerprint density at radius 3 is 2.46 bits per heavy atom. The van der Waals surface area contributed by atoms with E-state index in [9.17, 15) is 9.90 Å². The highest BCUT2D eigenvalue weighted by Gasteiger charge is 2.34. The van der Waals surface area contributed by atoms with E-state index in [1.54, 1.807) is 12.1 Å². The molecule has 2 fully saturated rings. The van der Waals surface area contributed by atoms with Gasteiger partial charge in [-0.2, -0.15) is 0 Å². The van der Waals surface area contributed by atoms with E-state index in [0.717, 1.165) is 72.6 Å². The topological polar surface area (TPSA) is 103 Å². The molecule has 0 radical (unpaired) electrons. The van der Waals surface area contributed by atoms with Crippen LogP contribution in [0.4, 0.5) is 5.69 Å². The summed E-state index contributed by atoms with van der Waals surface area (Å²) in [6, 6.07) is 13.5. The van der Waals surface area contributed by atoms with E-state index < -0.39 is 0 Å². The van der Waals surface area contributed by atoms with Gasteiger partial charge in [0.2, 0.25) is 0 Å². The molecule has 1 aliphatic heterocycles. The zero-order valence-electron chi connectivity index (χ0n) is 21.4. The number of benzene rings is 2. The van der Waals surface area contributed by atoms with Gasteiger partial charge in [0, 0.05) is 48.3 Å². The third-order valence-electron chi connectivity index (χ3n) is 7.96. The Morgan fingerprint density at radius 2 is 1.73 bits per heavy atom. The molecular formula is C28H33N7O2. The molecule has 1 atom stereocenters. The number of aromatic hydroxyl groups is 1.